The molecule has 1 aliphatic heterocycles. The van der Waals surface area contributed by atoms with Gasteiger partial charge >= 0.3 is 0 Å². The molecule has 41 heavy (non-hydrogen) atoms. The van der Waals surface area contributed by atoms with Crippen LogP contribution in [0.15, 0.2) is 136 Å². The first-order valence-corrected chi connectivity index (χ1v) is 15.7. The highest BCUT2D eigenvalue weighted by atomic mass is 14.9. The lowest BCUT2D eigenvalue weighted by Gasteiger charge is -2.26. The van der Waals surface area contributed by atoms with Gasteiger partial charge in [-0.05, 0) is 97.6 Å². The average Bonchev–Trinajstić information content (AvgIpc) is 3.90. The van der Waals surface area contributed by atoms with E-state index in [9.17, 15) is 0 Å². The zero-order valence-electron chi connectivity index (χ0n) is 24.0. The van der Waals surface area contributed by atoms with Crippen molar-refractivity contribution < 1.29 is 0 Å². The van der Waals surface area contributed by atoms with Gasteiger partial charge in [0, 0.05) is 29.0 Å². The quantitative estimate of drug-likeness (QED) is 0.328. The largest absolute Gasteiger partial charge is 0.233 e. The molecule has 2 aromatic carbocycles. The molecule has 0 bridgehead atoms. The van der Waals surface area contributed by atoms with Gasteiger partial charge in [-0.25, -0.2) is 9.98 Å². The Kier molecular flexibility index (Phi) is 7.40. The smallest absolute Gasteiger partial charge is 0.160 e. The van der Waals surface area contributed by atoms with E-state index < -0.39 is 0 Å². The lowest BCUT2D eigenvalue weighted by atomic mass is 9.80. The van der Waals surface area contributed by atoms with Gasteiger partial charge in [-0.1, -0.05) is 97.6 Å². The van der Waals surface area contributed by atoms with Crippen LogP contribution in [0.1, 0.15) is 86.3 Å². The summed E-state index contributed by atoms with van der Waals surface area (Å²) in [6.07, 6.45) is 27.0. The van der Waals surface area contributed by atoms with Gasteiger partial charge in [0.15, 0.2) is 5.84 Å². The molecule has 7 rings (SSSR count). The molecule has 2 heteroatoms. The molecule has 2 aromatic rings. The zero-order valence-corrected chi connectivity index (χ0v) is 24.0. The van der Waals surface area contributed by atoms with Crippen LogP contribution in [0.25, 0.3) is 0 Å². The molecular weight excluding hydrogens is 496 g/mol. The maximum absolute atomic E-state index is 5.33. The summed E-state index contributed by atoms with van der Waals surface area (Å²) in [7, 11) is 0. The highest BCUT2D eigenvalue weighted by Gasteiger charge is 2.27. The molecule has 3 atom stereocenters. The molecule has 1 fully saturated rings. The van der Waals surface area contributed by atoms with Crippen LogP contribution in [0.5, 0.6) is 0 Å². The van der Waals surface area contributed by atoms with Crippen molar-refractivity contribution in [1.29, 1.82) is 0 Å². The van der Waals surface area contributed by atoms with E-state index in [1.807, 2.05) is 0 Å². The van der Waals surface area contributed by atoms with Crippen LogP contribution in [0, 0.1) is 11.8 Å². The highest BCUT2D eigenvalue weighted by Crippen LogP contribution is 2.41. The molecule has 0 aromatic heterocycles. The summed E-state index contributed by atoms with van der Waals surface area (Å²) in [5, 5.41) is 0. The van der Waals surface area contributed by atoms with Gasteiger partial charge in [-0.2, -0.15) is 0 Å². The normalized spacial score (nSPS) is 26.4. The second kappa shape index (κ2) is 11.6. The molecule has 4 aliphatic carbocycles. The van der Waals surface area contributed by atoms with Crippen LogP contribution in [-0.2, 0) is 0 Å². The molecule has 0 amide bonds. The number of benzene rings is 2. The summed E-state index contributed by atoms with van der Waals surface area (Å²) in [6.45, 7) is 4.59. The molecule has 1 heterocycles. The van der Waals surface area contributed by atoms with E-state index in [0.29, 0.717) is 17.8 Å². The second-order valence-corrected chi connectivity index (χ2v) is 12.4. The Morgan fingerprint density at radius 1 is 0.732 bits per heavy atom. The molecule has 0 saturated heterocycles. The SMILES string of the molecule is C=C1C=C(C2CC=CC(c3ccccc3)C2)N=C(c2ccc(C3CC3)cc2)N=C1C1=CC(C2C=CCCC2)=CCC1. The minimum atomic E-state index is 0.334. The standard InChI is InChI=1S/C39H40N2/c1-27-24-37(35-16-8-14-33(25-35)28-10-4-2-5-11-28)40-39(32-22-20-31(21-23-32)30-18-19-30)41-38(27)36-17-9-15-34(26-36)29-12-6-3-7-13-29/h2,4-6,8,10-12,14-15,20-24,26,29-30,33,35H,1,3,7,9,13,16-19,25H2. The summed E-state index contributed by atoms with van der Waals surface area (Å²) in [5.74, 6) is 2.83. The Labute approximate surface area is 245 Å². The van der Waals surface area contributed by atoms with Crippen molar-refractivity contribution in [3.63, 3.8) is 0 Å². The molecule has 3 unspecified atom stereocenters. The van der Waals surface area contributed by atoms with Crippen LogP contribution < -0.4 is 0 Å². The van der Waals surface area contributed by atoms with Crippen LogP contribution in [-0.4, -0.2) is 11.5 Å². The first-order valence-electron chi connectivity index (χ1n) is 15.7. The Morgan fingerprint density at radius 2 is 1.56 bits per heavy atom. The van der Waals surface area contributed by atoms with Gasteiger partial charge in [0.05, 0.1) is 5.71 Å². The number of allylic oxidation sites excluding steroid dienone is 11. The summed E-state index contributed by atoms with van der Waals surface area (Å²) >= 11 is 0. The van der Waals surface area contributed by atoms with Crippen molar-refractivity contribution in [2.24, 2.45) is 21.8 Å². The molecule has 0 radical (unpaired) electrons. The molecule has 5 aliphatic rings. The van der Waals surface area contributed by atoms with Gasteiger partial charge < -0.3 is 0 Å². The molecule has 2 nitrogen and oxygen atoms in total. The van der Waals surface area contributed by atoms with Crippen molar-refractivity contribution >= 4 is 11.5 Å². The van der Waals surface area contributed by atoms with Crippen molar-refractivity contribution in [2.75, 3.05) is 0 Å². The van der Waals surface area contributed by atoms with Crippen molar-refractivity contribution in [3.05, 3.63) is 143 Å². The fourth-order valence-electron chi connectivity index (χ4n) is 6.88. The third-order valence-electron chi connectivity index (χ3n) is 9.39. The number of aliphatic imine (C=N–C) groups is 2. The Balaban J connectivity index is 1.24. The Hall–Kier alpha value is -3.78. The molecule has 0 N–H and O–H groups in total. The van der Waals surface area contributed by atoms with E-state index in [1.165, 1.54) is 54.4 Å². The molecular formula is C39H40N2. The number of hydrogen-bond donors (Lipinski definition) is 0. The van der Waals surface area contributed by atoms with Crippen LogP contribution >= 0.6 is 0 Å². The summed E-state index contributed by atoms with van der Waals surface area (Å²) in [6, 6.07) is 19.9. The van der Waals surface area contributed by atoms with Gasteiger partial charge in [-0.3, -0.25) is 0 Å². The maximum Gasteiger partial charge on any atom is 0.160 e. The molecule has 206 valence electrons. The minimum absolute atomic E-state index is 0.334. The van der Waals surface area contributed by atoms with E-state index in [0.717, 1.165) is 60.0 Å². The van der Waals surface area contributed by atoms with E-state index in [4.69, 9.17) is 9.98 Å². The number of nitrogens with zero attached hydrogens (tertiary/aromatic N) is 2. The maximum atomic E-state index is 5.33. The van der Waals surface area contributed by atoms with E-state index in [-0.39, 0.29) is 0 Å². The summed E-state index contributed by atoms with van der Waals surface area (Å²) in [4.78, 5) is 10.7. The minimum Gasteiger partial charge on any atom is -0.233 e. The van der Waals surface area contributed by atoms with Crippen LogP contribution in [0.2, 0.25) is 0 Å². The first-order chi connectivity index (χ1) is 20.2. The Bertz CT molecular complexity index is 1520. The molecule has 1 saturated carbocycles. The lowest BCUT2D eigenvalue weighted by molar-refractivity contribution is 0.508. The number of hydrogen-bond acceptors (Lipinski definition) is 2. The lowest BCUT2D eigenvalue weighted by Crippen LogP contribution is -2.13. The van der Waals surface area contributed by atoms with Crippen LogP contribution in [0.4, 0.5) is 0 Å². The van der Waals surface area contributed by atoms with Crippen molar-refractivity contribution in [2.45, 2.75) is 69.6 Å². The van der Waals surface area contributed by atoms with Gasteiger partial charge in [0.1, 0.15) is 0 Å². The zero-order chi connectivity index (χ0) is 27.6. The van der Waals surface area contributed by atoms with E-state index in [1.54, 1.807) is 0 Å². The fraction of sp³-hybridized carbons (Fsp3) is 0.333. The predicted octanol–water partition coefficient (Wildman–Crippen LogP) is 9.96. The monoisotopic (exact) mass is 536 g/mol. The first kappa shape index (κ1) is 26.1. The number of amidine groups is 1. The van der Waals surface area contributed by atoms with Crippen molar-refractivity contribution in [1.82, 2.24) is 0 Å². The Morgan fingerprint density at radius 3 is 2.34 bits per heavy atom. The number of rotatable bonds is 6. The summed E-state index contributed by atoms with van der Waals surface area (Å²) in [5.41, 5.74) is 9.79. The van der Waals surface area contributed by atoms with Crippen LogP contribution in [0.3, 0.4) is 0 Å². The topological polar surface area (TPSA) is 24.7 Å². The van der Waals surface area contributed by atoms with E-state index in [2.05, 4.69) is 104 Å². The second-order valence-electron chi connectivity index (χ2n) is 12.4. The third-order valence-corrected chi connectivity index (χ3v) is 9.39. The average molecular weight is 537 g/mol. The van der Waals surface area contributed by atoms with E-state index >= 15 is 0 Å². The van der Waals surface area contributed by atoms with Crippen molar-refractivity contribution in [3.8, 4) is 0 Å². The van der Waals surface area contributed by atoms with Gasteiger partial charge in [0.25, 0.3) is 0 Å². The predicted molar refractivity (Wildman–Crippen MR) is 173 cm³/mol. The highest BCUT2D eigenvalue weighted by molar-refractivity contribution is 6.21. The third kappa shape index (κ3) is 5.84. The summed E-state index contributed by atoms with van der Waals surface area (Å²) < 4.78 is 0. The van der Waals surface area contributed by atoms with Gasteiger partial charge in [0.2, 0.25) is 0 Å². The van der Waals surface area contributed by atoms with Gasteiger partial charge in [-0.15, -0.1) is 0 Å². The molecule has 0 spiro atoms. The fourth-order valence-corrected chi connectivity index (χ4v) is 6.88.